The molecule has 2 heterocycles. The molecular weight excluding hydrogens is 236 g/mol. The molecule has 1 N–H and O–H groups in total. The van der Waals surface area contributed by atoms with Gasteiger partial charge in [-0.2, -0.15) is 0 Å². The predicted octanol–water partition coefficient (Wildman–Crippen LogP) is -0.216. The minimum absolute atomic E-state index is 0.0260. The molecule has 0 aromatic heterocycles. The Morgan fingerprint density at radius 3 is 2.72 bits per heavy atom. The van der Waals surface area contributed by atoms with Crippen molar-refractivity contribution in [1.29, 1.82) is 0 Å². The van der Waals surface area contributed by atoms with Gasteiger partial charge in [0.25, 0.3) is 0 Å². The van der Waals surface area contributed by atoms with Gasteiger partial charge in [-0.25, -0.2) is 4.79 Å². The van der Waals surface area contributed by atoms with E-state index in [0.717, 1.165) is 32.8 Å². The zero-order valence-electron chi connectivity index (χ0n) is 10.5. The lowest BCUT2D eigenvalue weighted by molar-refractivity contribution is -0.153. The normalized spacial score (nSPS) is 26.3. The second kappa shape index (κ2) is 6.15. The van der Waals surface area contributed by atoms with E-state index in [1.165, 1.54) is 4.90 Å². The molecule has 2 aliphatic rings. The lowest BCUT2D eigenvalue weighted by Gasteiger charge is -2.35. The molecule has 2 rings (SSSR count). The van der Waals surface area contributed by atoms with E-state index in [9.17, 15) is 9.59 Å². The first kappa shape index (κ1) is 13.3. The molecule has 2 fully saturated rings. The number of hydrogen-bond acceptors (Lipinski definition) is 4. The predicted molar refractivity (Wildman–Crippen MR) is 64.2 cm³/mol. The maximum absolute atomic E-state index is 11.8. The second-order valence-corrected chi connectivity index (χ2v) is 4.79. The average molecular weight is 256 g/mol. The molecule has 102 valence electrons. The number of morpholine rings is 1. The van der Waals surface area contributed by atoms with E-state index >= 15 is 0 Å². The van der Waals surface area contributed by atoms with Crippen LogP contribution in [0.3, 0.4) is 0 Å². The largest absolute Gasteiger partial charge is 0.480 e. The third kappa shape index (κ3) is 3.20. The molecule has 2 aliphatic heterocycles. The average Bonchev–Trinajstić information content (AvgIpc) is 2.38. The van der Waals surface area contributed by atoms with Gasteiger partial charge < -0.3 is 14.7 Å². The van der Waals surface area contributed by atoms with E-state index in [-0.39, 0.29) is 5.91 Å². The van der Waals surface area contributed by atoms with Crippen LogP contribution in [0.4, 0.5) is 0 Å². The molecule has 1 unspecified atom stereocenters. The zero-order valence-corrected chi connectivity index (χ0v) is 10.5. The third-order valence-electron chi connectivity index (χ3n) is 3.61. The van der Waals surface area contributed by atoms with Gasteiger partial charge in [0.15, 0.2) is 0 Å². The number of carboxylic acid groups (broad SMARTS) is 1. The highest BCUT2D eigenvalue weighted by Crippen LogP contribution is 2.18. The number of carbonyl (C=O) groups is 2. The van der Waals surface area contributed by atoms with Crippen LogP contribution < -0.4 is 0 Å². The number of amides is 1. The summed E-state index contributed by atoms with van der Waals surface area (Å²) in [5.41, 5.74) is 0. The molecule has 0 bridgehead atoms. The van der Waals surface area contributed by atoms with Crippen molar-refractivity contribution >= 4 is 11.9 Å². The van der Waals surface area contributed by atoms with Gasteiger partial charge in [-0.15, -0.1) is 0 Å². The van der Waals surface area contributed by atoms with Crippen LogP contribution in [-0.2, 0) is 14.3 Å². The Labute approximate surface area is 106 Å². The number of piperidine rings is 1. The van der Waals surface area contributed by atoms with E-state index in [1.807, 2.05) is 0 Å². The fourth-order valence-corrected chi connectivity index (χ4v) is 2.53. The summed E-state index contributed by atoms with van der Waals surface area (Å²) in [5, 5.41) is 9.14. The van der Waals surface area contributed by atoms with Crippen molar-refractivity contribution in [2.45, 2.75) is 25.3 Å². The van der Waals surface area contributed by atoms with Gasteiger partial charge in [0, 0.05) is 32.6 Å². The van der Waals surface area contributed by atoms with Crippen molar-refractivity contribution in [2.75, 3.05) is 39.4 Å². The van der Waals surface area contributed by atoms with Gasteiger partial charge in [-0.1, -0.05) is 0 Å². The highest BCUT2D eigenvalue weighted by molar-refractivity contribution is 5.84. The standard InChI is InChI=1S/C12H20N2O4/c15-11-3-1-2-10(12(16)17)14(11)5-4-13-6-8-18-9-7-13/h10H,1-9H2,(H,16,17). The van der Waals surface area contributed by atoms with Crippen molar-refractivity contribution in [3.63, 3.8) is 0 Å². The van der Waals surface area contributed by atoms with E-state index in [2.05, 4.69) is 4.90 Å². The van der Waals surface area contributed by atoms with Crippen LogP contribution in [0.1, 0.15) is 19.3 Å². The van der Waals surface area contributed by atoms with Crippen molar-refractivity contribution in [3.05, 3.63) is 0 Å². The van der Waals surface area contributed by atoms with Crippen molar-refractivity contribution in [3.8, 4) is 0 Å². The van der Waals surface area contributed by atoms with E-state index in [4.69, 9.17) is 9.84 Å². The Balaban J connectivity index is 1.87. The number of ether oxygens (including phenoxy) is 1. The summed E-state index contributed by atoms with van der Waals surface area (Å²) in [6.45, 7) is 4.40. The van der Waals surface area contributed by atoms with Crippen LogP contribution in [0.2, 0.25) is 0 Å². The van der Waals surface area contributed by atoms with Gasteiger partial charge in [-0.3, -0.25) is 9.69 Å². The molecule has 0 aromatic carbocycles. The zero-order chi connectivity index (χ0) is 13.0. The fraction of sp³-hybridized carbons (Fsp3) is 0.833. The molecular formula is C12H20N2O4. The maximum Gasteiger partial charge on any atom is 0.326 e. The van der Waals surface area contributed by atoms with E-state index in [0.29, 0.717) is 25.8 Å². The van der Waals surface area contributed by atoms with Crippen LogP contribution in [0.15, 0.2) is 0 Å². The summed E-state index contributed by atoms with van der Waals surface area (Å²) < 4.78 is 5.26. The smallest absolute Gasteiger partial charge is 0.326 e. The summed E-state index contributed by atoms with van der Waals surface area (Å²) >= 11 is 0. The van der Waals surface area contributed by atoms with Crippen LogP contribution >= 0.6 is 0 Å². The Kier molecular flexibility index (Phi) is 4.54. The molecule has 0 aliphatic carbocycles. The summed E-state index contributed by atoms with van der Waals surface area (Å²) in [4.78, 5) is 26.7. The molecule has 0 aromatic rings. The van der Waals surface area contributed by atoms with Crippen molar-refractivity contribution in [2.24, 2.45) is 0 Å². The molecule has 1 atom stereocenters. The number of likely N-dealkylation sites (tertiary alicyclic amines) is 1. The first-order valence-corrected chi connectivity index (χ1v) is 6.51. The van der Waals surface area contributed by atoms with Crippen LogP contribution in [0, 0.1) is 0 Å². The molecule has 0 radical (unpaired) electrons. The summed E-state index contributed by atoms with van der Waals surface area (Å²) in [7, 11) is 0. The summed E-state index contributed by atoms with van der Waals surface area (Å²) in [6.07, 6.45) is 1.74. The number of rotatable bonds is 4. The van der Waals surface area contributed by atoms with Crippen molar-refractivity contribution < 1.29 is 19.4 Å². The molecule has 6 heteroatoms. The van der Waals surface area contributed by atoms with Crippen LogP contribution in [-0.4, -0.2) is 72.2 Å². The van der Waals surface area contributed by atoms with Gasteiger partial charge in [0.05, 0.1) is 13.2 Å². The number of carboxylic acids is 1. The summed E-state index contributed by atoms with van der Waals surface area (Å²) in [5.74, 6) is -0.910. The Hall–Kier alpha value is -1.14. The number of nitrogens with zero attached hydrogens (tertiary/aromatic N) is 2. The Bertz CT molecular complexity index is 315. The van der Waals surface area contributed by atoms with Crippen LogP contribution in [0.5, 0.6) is 0 Å². The van der Waals surface area contributed by atoms with Gasteiger partial charge in [0.1, 0.15) is 6.04 Å². The molecule has 6 nitrogen and oxygen atoms in total. The second-order valence-electron chi connectivity index (χ2n) is 4.79. The number of carbonyl (C=O) groups excluding carboxylic acids is 1. The molecule has 2 saturated heterocycles. The van der Waals surface area contributed by atoms with Gasteiger partial charge >= 0.3 is 5.97 Å². The third-order valence-corrected chi connectivity index (χ3v) is 3.61. The Morgan fingerprint density at radius 2 is 2.06 bits per heavy atom. The first-order chi connectivity index (χ1) is 8.68. The lowest BCUT2D eigenvalue weighted by atomic mass is 10.0. The topological polar surface area (TPSA) is 70.1 Å². The van der Waals surface area contributed by atoms with E-state index in [1.54, 1.807) is 0 Å². The Morgan fingerprint density at radius 1 is 1.33 bits per heavy atom. The SMILES string of the molecule is O=C(O)C1CCCC(=O)N1CCN1CCOCC1. The minimum atomic E-state index is -0.884. The quantitative estimate of drug-likeness (QED) is 0.753. The fourth-order valence-electron chi connectivity index (χ4n) is 2.53. The van der Waals surface area contributed by atoms with Crippen LogP contribution in [0.25, 0.3) is 0 Å². The first-order valence-electron chi connectivity index (χ1n) is 6.51. The minimum Gasteiger partial charge on any atom is -0.480 e. The molecule has 0 saturated carbocycles. The summed E-state index contributed by atoms with van der Waals surface area (Å²) in [6, 6.07) is -0.632. The number of aliphatic carboxylic acids is 1. The highest BCUT2D eigenvalue weighted by Gasteiger charge is 2.32. The van der Waals surface area contributed by atoms with Gasteiger partial charge in [-0.05, 0) is 12.8 Å². The molecule has 0 spiro atoms. The monoisotopic (exact) mass is 256 g/mol. The lowest BCUT2D eigenvalue weighted by Crippen LogP contribution is -2.51. The molecule has 18 heavy (non-hydrogen) atoms. The van der Waals surface area contributed by atoms with Crippen molar-refractivity contribution in [1.82, 2.24) is 9.80 Å². The van der Waals surface area contributed by atoms with Gasteiger partial charge in [0.2, 0.25) is 5.91 Å². The maximum atomic E-state index is 11.8. The molecule has 1 amide bonds. The van der Waals surface area contributed by atoms with E-state index < -0.39 is 12.0 Å². The highest BCUT2D eigenvalue weighted by atomic mass is 16.5. The number of hydrogen-bond donors (Lipinski definition) is 1.